The number of pyridine rings is 1. The number of hydrogen-bond donors (Lipinski definition) is 1. The van der Waals surface area contributed by atoms with Crippen LogP contribution in [0, 0.1) is 20.8 Å². The van der Waals surface area contributed by atoms with Gasteiger partial charge in [0.05, 0.1) is 5.69 Å². The van der Waals surface area contributed by atoms with Crippen LogP contribution in [0.4, 0.5) is 0 Å². The smallest absolute Gasteiger partial charge is 0.139 e. The first kappa shape index (κ1) is 10.2. The summed E-state index contributed by atoms with van der Waals surface area (Å²) in [5.74, 6) is 0.319. The van der Waals surface area contributed by atoms with Crippen LogP contribution in [0.1, 0.15) is 16.8 Å². The lowest BCUT2D eigenvalue weighted by atomic mass is 10.1. The van der Waals surface area contributed by atoms with E-state index >= 15 is 0 Å². The lowest BCUT2D eigenvalue weighted by molar-refractivity contribution is 0.462. The second kappa shape index (κ2) is 3.58. The van der Waals surface area contributed by atoms with Crippen molar-refractivity contribution in [3.8, 4) is 5.75 Å². The molecule has 1 rings (SSSR count). The molecule has 0 aliphatic carbocycles. The Kier molecular flexibility index (Phi) is 3.33. The summed E-state index contributed by atoms with van der Waals surface area (Å²) in [6.07, 6.45) is 1.77. The molecule has 0 amide bonds. The molecule has 0 spiro atoms. The Hall–Kier alpha value is -0.760. The van der Waals surface area contributed by atoms with Gasteiger partial charge in [-0.3, -0.25) is 4.98 Å². The van der Waals surface area contributed by atoms with Crippen molar-refractivity contribution in [2.75, 3.05) is 0 Å². The Labute approximate surface area is 72.7 Å². The molecule has 0 aliphatic heterocycles. The van der Waals surface area contributed by atoms with Crippen LogP contribution in [0.15, 0.2) is 6.20 Å². The zero-order valence-electron chi connectivity index (χ0n) is 6.88. The summed E-state index contributed by atoms with van der Waals surface area (Å²) >= 11 is 0. The molecule has 1 N–H and O–H groups in total. The van der Waals surface area contributed by atoms with E-state index in [9.17, 15) is 5.11 Å². The van der Waals surface area contributed by atoms with Gasteiger partial charge in [0, 0.05) is 6.20 Å². The second-order valence-corrected chi connectivity index (χ2v) is 2.50. The topological polar surface area (TPSA) is 33.1 Å². The van der Waals surface area contributed by atoms with E-state index in [2.05, 4.69) is 4.98 Å². The van der Waals surface area contributed by atoms with Gasteiger partial charge in [0.15, 0.2) is 0 Å². The third kappa shape index (κ3) is 1.84. The van der Waals surface area contributed by atoms with Crippen LogP contribution in [0.3, 0.4) is 0 Å². The zero-order valence-corrected chi connectivity index (χ0v) is 7.70. The highest BCUT2D eigenvalue weighted by molar-refractivity contribution is 5.85. The molecule has 0 saturated carbocycles. The van der Waals surface area contributed by atoms with Crippen molar-refractivity contribution in [3.63, 3.8) is 0 Å². The molecule has 0 fully saturated rings. The van der Waals surface area contributed by atoms with Gasteiger partial charge in [-0.15, -0.1) is 12.4 Å². The Morgan fingerprint density at radius 3 is 2.27 bits per heavy atom. The average Bonchev–Trinajstić information content (AvgIpc) is 1.93. The lowest BCUT2D eigenvalue weighted by Crippen LogP contribution is -1.88. The van der Waals surface area contributed by atoms with E-state index < -0.39 is 0 Å². The molecular weight excluding hydrogens is 162 g/mol. The molecule has 11 heavy (non-hydrogen) atoms. The molecular formula is C8H12ClNO. The summed E-state index contributed by atoms with van der Waals surface area (Å²) < 4.78 is 0. The molecule has 0 radical (unpaired) electrons. The van der Waals surface area contributed by atoms with E-state index in [-0.39, 0.29) is 12.4 Å². The first-order chi connectivity index (χ1) is 4.63. The Balaban J connectivity index is 0.000001000. The Morgan fingerprint density at radius 2 is 1.82 bits per heavy atom. The standard InChI is InChI=1S/C8H11NO.ClH/c1-5-4-9-7(3)8(10)6(5)2;/h4,10H,1-3H3;1H. The first-order valence-corrected chi connectivity index (χ1v) is 3.24. The maximum atomic E-state index is 9.32. The average molecular weight is 174 g/mol. The normalized spacial score (nSPS) is 9.00. The van der Waals surface area contributed by atoms with Gasteiger partial charge >= 0.3 is 0 Å². The van der Waals surface area contributed by atoms with Crippen LogP contribution < -0.4 is 0 Å². The molecule has 0 unspecified atom stereocenters. The molecule has 3 heteroatoms. The third-order valence-electron chi connectivity index (χ3n) is 1.74. The van der Waals surface area contributed by atoms with Crippen LogP contribution >= 0.6 is 12.4 Å². The van der Waals surface area contributed by atoms with Crippen LogP contribution in [-0.4, -0.2) is 10.1 Å². The molecule has 0 saturated heterocycles. The van der Waals surface area contributed by atoms with Gasteiger partial charge in [-0.2, -0.15) is 0 Å². The van der Waals surface area contributed by atoms with E-state index in [1.807, 2.05) is 13.8 Å². The van der Waals surface area contributed by atoms with Gasteiger partial charge in [0.1, 0.15) is 5.75 Å². The number of hydrogen-bond acceptors (Lipinski definition) is 2. The molecule has 1 aromatic heterocycles. The number of halogens is 1. The summed E-state index contributed by atoms with van der Waals surface area (Å²) in [5, 5.41) is 9.32. The third-order valence-corrected chi connectivity index (χ3v) is 1.74. The summed E-state index contributed by atoms with van der Waals surface area (Å²) in [6.45, 7) is 5.61. The van der Waals surface area contributed by atoms with Gasteiger partial charge in [0.25, 0.3) is 0 Å². The van der Waals surface area contributed by atoms with Crippen molar-refractivity contribution in [2.45, 2.75) is 20.8 Å². The minimum atomic E-state index is 0. The highest BCUT2D eigenvalue weighted by Gasteiger charge is 2.02. The molecule has 0 bridgehead atoms. The molecule has 62 valence electrons. The maximum absolute atomic E-state index is 9.32. The van der Waals surface area contributed by atoms with Crippen molar-refractivity contribution >= 4 is 12.4 Å². The van der Waals surface area contributed by atoms with Crippen molar-refractivity contribution in [1.82, 2.24) is 4.98 Å². The molecule has 1 aromatic rings. The molecule has 0 aromatic carbocycles. The SMILES string of the molecule is Cc1cnc(C)c(O)c1C.Cl. The number of rotatable bonds is 0. The van der Waals surface area contributed by atoms with Gasteiger partial charge in [0.2, 0.25) is 0 Å². The molecule has 0 atom stereocenters. The Morgan fingerprint density at radius 1 is 1.27 bits per heavy atom. The Bertz CT molecular complexity index is 234. The fraction of sp³-hybridized carbons (Fsp3) is 0.375. The zero-order chi connectivity index (χ0) is 7.72. The molecule has 2 nitrogen and oxygen atoms in total. The van der Waals surface area contributed by atoms with Crippen molar-refractivity contribution < 1.29 is 5.11 Å². The van der Waals surface area contributed by atoms with Gasteiger partial charge in [-0.25, -0.2) is 0 Å². The van der Waals surface area contributed by atoms with Crippen LogP contribution in [0.2, 0.25) is 0 Å². The van der Waals surface area contributed by atoms with Gasteiger partial charge in [-0.1, -0.05) is 0 Å². The van der Waals surface area contributed by atoms with E-state index in [1.165, 1.54) is 0 Å². The fourth-order valence-electron chi connectivity index (χ4n) is 0.810. The minimum Gasteiger partial charge on any atom is -0.506 e. The van der Waals surface area contributed by atoms with Gasteiger partial charge in [-0.05, 0) is 31.9 Å². The van der Waals surface area contributed by atoms with Crippen LogP contribution in [0.25, 0.3) is 0 Å². The fourth-order valence-corrected chi connectivity index (χ4v) is 0.810. The monoisotopic (exact) mass is 173 g/mol. The quantitative estimate of drug-likeness (QED) is 0.652. The lowest BCUT2D eigenvalue weighted by Gasteiger charge is -2.03. The summed E-state index contributed by atoms with van der Waals surface area (Å²) in [6, 6.07) is 0. The maximum Gasteiger partial charge on any atom is 0.139 e. The summed E-state index contributed by atoms with van der Waals surface area (Å²) in [7, 11) is 0. The number of nitrogens with zero attached hydrogens (tertiary/aromatic N) is 1. The van der Waals surface area contributed by atoms with E-state index in [0.717, 1.165) is 11.1 Å². The summed E-state index contributed by atoms with van der Waals surface area (Å²) in [5.41, 5.74) is 2.65. The number of aryl methyl sites for hydroxylation is 2. The molecule has 0 aliphatic rings. The minimum absolute atomic E-state index is 0. The second-order valence-electron chi connectivity index (χ2n) is 2.50. The predicted octanol–water partition coefficient (Wildman–Crippen LogP) is 2.13. The van der Waals surface area contributed by atoms with E-state index in [4.69, 9.17) is 0 Å². The largest absolute Gasteiger partial charge is 0.506 e. The van der Waals surface area contributed by atoms with Crippen molar-refractivity contribution in [1.29, 1.82) is 0 Å². The number of aromatic hydroxyl groups is 1. The predicted molar refractivity (Wildman–Crippen MR) is 47.4 cm³/mol. The van der Waals surface area contributed by atoms with Crippen molar-refractivity contribution in [2.24, 2.45) is 0 Å². The van der Waals surface area contributed by atoms with E-state index in [0.29, 0.717) is 11.4 Å². The first-order valence-electron chi connectivity index (χ1n) is 3.24. The van der Waals surface area contributed by atoms with Crippen molar-refractivity contribution in [3.05, 3.63) is 23.0 Å². The van der Waals surface area contributed by atoms with Gasteiger partial charge < -0.3 is 5.11 Å². The highest BCUT2D eigenvalue weighted by Crippen LogP contribution is 2.20. The molecule has 1 heterocycles. The number of aromatic nitrogens is 1. The summed E-state index contributed by atoms with van der Waals surface area (Å²) in [4.78, 5) is 3.99. The van der Waals surface area contributed by atoms with E-state index in [1.54, 1.807) is 13.1 Å². The highest BCUT2D eigenvalue weighted by atomic mass is 35.5. The van der Waals surface area contributed by atoms with Crippen LogP contribution in [-0.2, 0) is 0 Å². The van der Waals surface area contributed by atoms with Crippen LogP contribution in [0.5, 0.6) is 5.75 Å².